The summed E-state index contributed by atoms with van der Waals surface area (Å²) in [4.78, 5) is 17.5. The van der Waals surface area contributed by atoms with Crippen LogP contribution in [0.5, 0.6) is 0 Å². The molecule has 1 aliphatic carbocycles. The van der Waals surface area contributed by atoms with Gasteiger partial charge in [0.2, 0.25) is 5.91 Å². The fourth-order valence-corrected chi connectivity index (χ4v) is 4.70. The predicted molar refractivity (Wildman–Crippen MR) is 93.8 cm³/mol. The van der Waals surface area contributed by atoms with Gasteiger partial charge in [0.1, 0.15) is 0 Å². The molecule has 1 aromatic carbocycles. The predicted octanol–water partition coefficient (Wildman–Crippen LogP) is 3.10. The number of amides is 1. The molecule has 0 radical (unpaired) electrons. The first-order chi connectivity index (χ1) is 11.3. The first-order valence-corrected chi connectivity index (χ1v) is 9.20. The van der Waals surface area contributed by atoms with Gasteiger partial charge in [-0.15, -0.1) is 0 Å². The van der Waals surface area contributed by atoms with Crippen molar-refractivity contribution >= 4 is 17.3 Å². The van der Waals surface area contributed by atoms with Crippen molar-refractivity contribution in [3.63, 3.8) is 0 Å². The Morgan fingerprint density at radius 1 is 1.09 bits per heavy atom. The number of para-hydroxylation sites is 2. The smallest absolute Gasteiger partial charge is 0.242 e. The lowest BCUT2D eigenvalue weighted by atomic mass is 9.78. The molecule has 2 fully saturated rings. The highest BCUT2D eigenvalue weighted by Crippen LogP contribution is 2.35. The summed E-state index contributed by atoms with van der Waals surface area (Å²) in [5, 5.41) is 3.42. The number of fused-ring (bicyclic) bond motifs is 2. The van der Waals surface area contributed by atoms with Crippen LogP contribution in [0.25, 0.3) is 0 Å². The molecule has 2 aliphatic heterocycles. The van der Waals surface area contributed by atoms with Crippen molar-refractivity contribution in [1.29, 1.82) is 0 Å². The van der Waals surface area contributed by atoms with Crippen LogP contribution >= 0.6 is 0 Å². The molecule has 0 aromatic heterocycles. The number of hydrogen-bond acceptors (Lipinski definition) is 3. The first kappa shape index (κ1) is 14.9. The fourth-order valence-electron chi connectivity index (χ4n) is 4.70. The maximum atomic E-state index is 13.0. The second-order valence-electron chi connectivity index (χ2n) is 7.21. The van der Waals surface area contributed by atoms with E-state index in [0.717, 1.165) is 31.2 Å². The minimum Gasteiger partial charge on any atom is -0.382 e. The van der Waals surface area contributed by atoms with E-state index in [1.807, 2.05) is 0 Å². The molecule has 1 aromatic rings. The third-order valence-corrected chi connectivity index (χ3v) is 5.83. The summed E-state index contributed by atoms with van der Waals surface area (Å²) in [6.45, 7) is 3.32. The zero-order valence-corrected chi connectivity index (χ0v) is 13.8. The van der Waals surface area contributed by atoms with Gasteiger partial charge in [0, 0.05) is 25.7 Å². The molecule has 4 nitrogen and oxygen atoms in total. The van der Waals surface area contributed by atoms with Crippen LogP contribution in [0.2, 0.25) is 0 Å². The third kappa shape index (κ3) is 2.91. The number of anilines is 2. The van der Waals surface area contributed by atoms with Crippen LogP contribution < -0.4 is 10.2 Å². The first-order valence-electron chi connectivity index (χ1n) is 9.20. The lowest BCUT2D eigenvalue weighted by Crippen LogP contribution is -2.53. The van der Waals surface area contributed by atoms with Gasteiger partial charge in [-0.05, 0) is 43.7 Å². The number of likely N-dealkylation sites (tertiary alicyclic amines) is 1. The van der Waals surface area contributed by atoms with Crippen molar-refractivity contribution in [2.75, 3.05) is 36.4 Å². The van der Waals surface area contributed by atoms with Crippen LogP contribution in [0.3, 0.4) is 0 Å². The number of carbonyl (C=O) groups is 1. The van der Waals surface area contributed by atoms with E-state index < -0.39 is 0 Å². The Kier molecular flexibility index (Phi) is 4.15. The fraction of sp³-hybridized carbons (Fsp3) is 0.632. The quantitative estimate of drug-likeness (QED) is 0.911. The lowest BCUT2D eigenvalue weighted by Gasteiger charge is -2.45. The van der Waals surface area contributed by atoms with Crippen molar-refractivity contribution in [2.45, 2.75) is 44.6 Å². The van der Waals surface area contributed by atoms with Crippen LogP contribution in [0.1, 0.15) is 38.5 Å². The van der Waals surface area contributed by atoms with Crippen LogP contribution in [-0.4, -0.2) is 43.0 Å². The topological polar surface area (TPSA) is 35.6 Å². The van der Waals surface area contributed by atoms with Crippen LogP contribution in [0, 0.1) is 5.92 Å². The largest absolute Gasteiger partial charge is 0.382 e. The Labute approximate surface area is 138 Å². The Bertz CT molecular complexity index is 571. The number of nitrogens with zero attached hydrogens (tertiary/aromatic N) is 2. The molecule has 0 bridgehead atoms. The molecule has 3 aliphatic rings. The van der Waals surface area contributed by atoms with E-state index in [4.69, 9.17) is 0 Å². The zero-order valence-electron chi connectivity index (χ0n) is 13.8. The van der Waals surface area contributed by atoms with Crippen molar-refractivity contribution in [2.24, 2.45) is 5.92 Å². The van der Waals surface area contributed by atoms with Crippen molar-refractivity contribution in [3.8, 4) is 0 Å². The molecular formula is C19H27N3O. The average molecular weight is 313 g/mol. The lowest BCUT2D eigenvalue weighted by molar-refractivity contribution is -0.136. The molecule has 23 heavy (non-hydrogen) atoms. The molecule has 2 unspecified atom stereocenters. The normalized spacial score (nSPS) is 27.0. The minimum atomic E-state index is 0.332. The molecule has 1 amide bonds. The number of benzene rings is 1. The van der Waals surface area contributed by atoms with Gasteiger partial charge in [-0.1, -0.05) is 25.0 Å². The molecule has 1 saturated heterocycles. The van der Waals surface area contributed by atoms with Gasteiger partial charge in [0.25, 0.3) is 0 Å². The van der Waals surface area contributed by atoms with E-state index in [2.05, 4.69) is 39.4 Å². The van der Waals surface area contributed by atoms with E-state index >= 15 is 0 Å². The van der Waals surface area contributed by atoms with Crippen LogP contribution in [-0.2, 0) is 4.79 Å². The summed E-state index contributed by atoms with van der Waals surface area (Å²) in [6, 6.07) is 8.84. The zero-order chi connectivity index (χ0) is 15.6. The summed E-state index contributed by atoms with van der Waals surface area (Å²) < 4.78 is 0. The average Bonchev–Trinajstić information content (AvgIpc) is 2.61. The maximum absolute atomic E-state index is 13.0. The molecule has 2 heterocycles. The van der Waals surface area contributed by atoms with E-state index in [1.54, 1.807) is 0 Å². The molecule has 0 spiro atoms. The highest BCUT2D eigenvalue weighted by atomic mass is 16.2. The van der Waals surface area contributed by atoms with Gasteiger partial charge in [-0.25, -0.2) is 0 Å². The summed E-state index contributed by atoms with van der Waals surface area (Å²) >= 11 is 0. The number of hydrogen-bond donors (Lipinski definition) is 1. The molecule has 4 heteroatoms. The Hall–Kier alpha value is -1.71. The summed E-state index contributed by atoms with van der Waals surface area (Å²) in [5.74, 6) is 1.09. The minimum absolute atomic E-state index is 0.332. The number of rotatable bonds is 2. The SMILES string of the molecule is O=C(CN1CCNc2ccccc21)N1CCCC2CCCCC21. The van der Waals surface area contributed by atoms with Gasteiger partial charge >= 0.3 is 0 Å². The van der Waals surface area contributed by atoms with E-state index in [-0.39, 0.29) is 0 Å². The molecule has 1 N–H and O–H groups in total. The summed E-state index contributed by atoms with van der Waals surface area (Å²) in [7, 11) is 0. The van der Waals surface area contributed by atoms with Crippen molar-refractivity contribution < 1.29 is 4.79 Å². The summed E-state index contributed by atoms with van der Waals surface area (Å²) in [5.41, 5.74) is 2.32. The maximum Gasteiger partial charge on any atom is 0.242 e. The number of carbonyl (C=O) groups excluding carboxylic acids is 1. The van der Waals surface area contributed by atoms with Crippen LogP contribution in [0.4, 0.5) is 11.4 Å². The highest BCUT2D eigenvalue weighted by Gasteiger charge is 2.36. The second kappa shape index (κ2) is 6.42. The molecular weight excluding hydrogens is 286 g/mol. The van der Waals surface area contributed by atoms with Gasteiger partial charge in [0.05, 0.1) is 17.9 Å². The Balaban J connectivity index is 1.47. The third-order valence-electron chi connectivity index (χ3n) is 5.83. The highest BCUT2D eigenvalue weighted by molar-refractivity contribution is 5.84. The van der Waals surface area contributed by atoms with Crippen LogP contribution in [0.15, 0.2) is 24.3 Å². The number of nitrogens with one attached hydrogen (secondary N) is 1. The van der Waals surface area contributed by atoms with E-state index in [0.29, 0.717) is 18.5 Å². The molecule has 4 rings (SSSR count). The Morgan fingerprint density at radius 2 is 1.91 bits per heavy atom. The van der Waals surface area contributed by atoms with Gasteiger partial charge in [-0.2, -0.15) is 0 Å². The molecule has 2 atom stereocenters. The molecule has 124 valence electrons. The number of piperidine rings is 1. The van der Waals surface area contributed by atoms with Gasteiger partial charge in [-0.3, -0.25) is 4.79 Å². The van der Waals surface area contributed by atoms with Gasteiger partial charge in [0.15, 0.2) is 0 Å². The van der Waals surface area contributed by atoms with Crippen molar-refractivity contribution in [1.82, 2.24) is 4.90 Å². The monoisotopic (exact) mass is 313 g/mol. The Morgan fingerprint density at radius 3 is 2.87 bits per heavy atom. The van der Waals surface area contributed by atoms with E-state index in [1.165, 1.54) is 44.2 Å². The van der Waals surface area contributed by atoms with Crippen molar-refractivity contribution in [3.05, 3.63) is 24.3 Å². The second-order valence-corrected chi connectivity index (χ2v) is 7.21. The molecule has 1 saturated carbocycles. The standard InChI is InChI=1S/C19H27N3O/c23-19(22-12-5-7-15-6-1-3-9-17(15)22)14-21-13-11-20-16-8-2-4-10-18(16)21/h2,4,8,10,15,17,20H,1,3,5-7,9,11-14H2. The summed E-state index contributed by atoms with van der Waals surface area (Å²) in [6.07, 6.45) is 7.70. The van der Waals surface area contributed by atoms with E-state index in [9.17, 15) is 4.79 Å². The van der Waals surface area contributed by atoms with Gasteiger partial charge < -0.3 is 15.1 Å².